The lowest BCUT2D eigenvalue weighted by Gasteiger charge is -2.19. The molecule has 0 aliphatic carbocycles. The second-order valence-corrected chi connectivity index (χ2v) is 5.45. The zero-order valence-electron chi connectivity index (χ0n) is 13.3. The summed E-state index contributed by atoms with van der Waals surface area (Å²) in [7, 11) is 0. The van der Waals surface area contributed by atoms with E-state index in [1.54, 1.807) is 0 Å². The average molecular weight is 322 g/mol. The van der Waals surface area contributed by atoms with Gasteiger partial charge in [-0.05, 0) is 31.9 Å². The molecule has 6 heteroatoms. The highest BCUT2D eigenvalue weighted by atomic mass is 32.1. The molecule has 0 spiro atoms. The SMILES string of the molecule is CCCC[C@@H](CCO)Nc1nc(N)nc2ccc(C)cc12.S. The van der Waals surface area contributed by atoms with E-state index in [1.807, 2.05) is 19.1 Å². The predicted octanol–water partition coefficient (Wildman–Crippen LogP) is 2.99. The van der Waals surface area contributed by atoms with Gasteiger partial charge in [-0.25, -0.2) is 4.98 Å². The third-order valence-electron chi connectivity index (χ3n) is 3.59. The monoisotopic (exact) mass is 322 g/mol. The van der Waals surface area contributed by atoms with Crippen LogP contribution in [0.3, 0.4) is 0 Å². The zero-order valence-corrected chi connectivity index (χ0v) is 14.3. The summed E-state index contributed by atoms with van der Waals surface area (Å²) in [4.78, 5) is 8.62. The Morgan fingerprint density at radius 1 is 1.27 bits per heavy atom. The number of rotatable bonds is 7. The Kier molecular flexibility index (Phi) is 7.41. The zero-order chi connectivity index (χ0) is 15.2. The second kappa shape index (κ2) is 8.80. The summed E-state index contributed by atoms with van der Waals surface area (Å²) in [6, 6.07) is 6.24. The lowest BCUT2D eigenvalue weighted by Crippen LogP contribution is -2.22. The molecule has 0 saturated heterocycles. The molecule has 1 aromatic heterocycles. The van der Waals surface area contributed by atoms with Crippen LogP contribution >= 0.6 is 13.5 Å². The minimum atomic E-state index is 0. The molecular weight excluding hydrogens is 296 g/mol. The van der Waals surface area contributed by atoms with E-state index in [2.05, 4.69) is 28.3 Å². The van der Waals surface area contributed by atoms with E-state index in [0.29, 0.717) is 6.42 Å². The van der Waals surface area contributed by atoms with Crippen molar-refractivity contribution in [3.05, 3.63) is 23.8 Å². The van der Waals surface area contributed by atoms with Crippen LogP contribution in [0.15, 0.2) is 18.2 Å². The summed E-state index contributed by atoms with van der Waals surface area (Å²) in [5, 5.41) is 13.6. The van der Waals surface area contributed by atoms with E-state index in [-0.39, 0.29) is 32.1 Å². The van der Waals surface area contributed by atoms with Gasteiger partial charge in [-0.15, -0.1) is 0 Å². The third-order valence-corrected chi connectivity index (χ3v) is 3.59. The van der Waals surface area contributed by atoms with Gasteiger partial charge in [0, 0.05) is 18.0 Å². The summed E-state index contributed by atoms with van der Waals surface area (Å²) < 4.78 is 0. The summed E-state index contributed by atoms with van der Waals surface area (Å²) in [5.41, 5.74) is 7.80. The number of nitrogens with zero attached hydrogens (tertiary/aromatic N) is 2. The molecule has 122 valence electrons. The number of aliphatic hydroxyl groups excluding tert-OH is 1. The molecule has 0 fully saturated rings. The number of aryl methyl sites for hydroxylation is 1. The molecule has 22 heavy (non-hydrogen) atoms. The Labute approximate surface area is 138 Å². The Hall–Kier alpha value is -1.53. The smallest absolute Gasteiger partial charge is 0.222 e. The van der Waals surface area contributed by atoms with Gasteiger partial charge in [-0.1, -0.05) is 31.4 Å². The standard InChI is InChI=1S/C16H24N4O.H2S/c1-3-4-5-12(8-9-21)18-15-13-10-11(2)6-7-14(13)19-16(17)20-15;/h6-7,10,12,21H,3-5,8-9H2,1-2H3,(H3,17,18,19,20);1H2/t12-;/m0./s1. The van der Waals surface area contributed by atoms with Crippen molar-refractivity contribution >= 4 is 36.2 Å². The maximum Gasteiger partial charge on any atom is 0.222 e. The summed E-state index contributed by atoms with van der Waals surface area (Å²) in [6.45, 7) is 4.37. The summed E-state index contributed by atoms with van der Waals surface area (Å²) in [5.74, 6) is 1.03. The maximum atomic E-state index is 9.23. The van der Waals surface area contributed by atoms with Crippen molar-refractivity contribution in [1.29, 1.82) is 0 Å². The first-order chi connectivity index (χ1) is 10.1. The van der Waals surface area contributed by atoms with E-state index < -0.39 is 0 Å². The van der Waals surface area contributed by atoms with Crippen LogP contribution < -0.4 is 11.1 Å². The minimum absolute atomic E-state index is 0. The number of fused-ring (bicyclic) bond motifs is 1. The summed E-state index contributed by atoms with van der Waals surface area (Å²) >= 11 is 0. The largest absolute Gasteiger partial charge is 0.396 e. The molecule has 1 heterocycles. The molecular formula is C16H26N4OS. The molecule has 4 N–H and O–H groups in total. The van der Waals surface area contributed by atoms with E-state index in [4.69, 9.17) is 5.73 Å². The number of hydrogen-bond donors (Lipinski definition) is 3. The van der Waals surface area contributed by atoms with Gasteiger partial charge in [0.25, 0.3) is 0 Å². The number of hydrogen-bond acceptors (Lipinski definition) is 5. The number of nitrogens with one attached hydrogen (secondary N) is 1. The first-order valence-corrected chi connectivity index (χ1v) is 7.55. The molecule has 5 nitrogen and oxygen atoms in total. The number of aromatic nitrogens is 2. The van der Waals surface area contributed by atoms with Crippen molar-refractivity contribution in [2.24, 2.45) is 0 Å². The highest BCUT2D eigenvalue weighted by Crippen LogP contribution is 2.24. The van der Waals surface area contributed by atoms with Crippen LogP contribution in [0.1, 0.15) is 38.2 Å². The number of aliphatic hydroxyl groups is 1. The van der Waals surface area contributed by atoms with Gasteiger partial charge in [0.05, 0.1) is 5.52 Å². The maximum absolute atomic E-state index is 9.23. The normalized spacial score (nSPS) is 12.0. The van der Waals surface area contributed by atoms with E-state index >= 15 is 0 Å². The second-order valence-electron chi connectivity index (χ2n) is 5.45. The van der Waals surface area contributed by atoms with Gasteiger partial charge in [-0.2, -0.15) is 18.5 Å². The van der Waals surface area contributed by atoms with Crippen LogP contribution in [0.25, 0.3) is 10.9 Å². The minimum Gasteiger partial charge on any atom is -0.396 e. The quantitative estimate of drug-likeness (QED) is 0.730. The van der Waals surface area contributed by atoms with Crippen LogP contribution in [0.2, 0.25) is 0 Å². The van der Waals surface area contributed by atoms with Crippen LogP contribution in [0.4, 0.5) is 11.8 Å². The van der Waals surface area contributed by atoms with Crippen LogP contribution in [-0.4, -0.2) is 27.7 Å². The lowest BCUT2D eigenvalue weighted by molar-refractivity contribution is 0.276. The highest BCUT2D eigenvalue weighted by Gasteiger charge is 2.12. The first-order valence-electron chi connectivity index (χ1n) is 7.55. The fourth-order valence-electron chi connectivity index (χ4n) is 2.46. The van der Waals surface area contributed by atoms with Gasteiger partial charge < -0.3 is 16.2 Å². The van der Waals surface area contributed by atoms with E-state index in [9.17, 15) is 5.11 Å². The van der Waals surface area contributed by atoms with Crippen molar-refractivity contribution in [1.82, 2.24) is 9.97 Å². The Balaban J connectivity index is 0.00000242. The van der Waals surface area contributed by atoms with Crippen molar-refractivity contribution < 1.29 is 5.11 Å². The topological polar surface area (TPSA) is 84.1 Å². The van der Waals surface area contributed by atoms with Crippen molar-refractivity contribution in [3.8, 4) is 0 Å². The molecule has 1 atom stereocenters. The molecule has 2 aromatic rings. The van der Waals surface area contributed by atoms with Gasteiger partial charge in [0.15, 0.2) is 0 Å². The molecule has 0 bridgehead atoms. The summed E-state index contributed by atoms with van der Waals surface area (Å²) in [6.07, 6.45) is 3.97. The van der Waals surface area contributed by atoms with Crippen molar-refractivity contribution in [2.45, 2.75) is 45.6 Å². The Morgan fingerprint density at radius 3 is 2.73 bits per heavy atom. The van der Waals surface area contributed by atoms with Crippen LogP contribution in [0, 0.1) is 6.92 Å². The number of nitrogens with two attached hydrogens (primary N) is 1. The van der Waals surface area contributed by atoms with E-state index in [0.717, 1.165) is 41.5 Å². The predicted molar refractivity (Wildman–Crippen MR) is 97.7 cm³/mol. The molecule has 0 aliphatic rings. The average Bonchev–Trinajstić information content (AvgIpc) is 2.45. The first kappa shape index (κ1) is 18.5. The van der Waals surface area contributed by atoms with Crippen LogP contribution in [0.5, 0.6) is 0 Å². The Bertz CT molecular complexity index is 606. The fraction of sp³-hybridized carbons (Fsp3) is 0.500. The van der Waals surface area contributed by atoms with Gasteiger partial charge >= 0.3 is 0 Å². The molecule has 0 unspecified atom stereocenters. The van der Waals surface area contributed by atoms with E-state index in [1.165, 1.54) is 0 Å². The molecule has 0 aliphatic heterocycles. The number of nitrogen functional groups attached to an aromatic ring is 1. The molecule has 2 rings (SSSR count). The van der Waals surface area contributed by atoms with Gasteiger partial charge in [-0.3, -0.25) is 0 Å². The number of anilines is 2. The van der Waals surface area contributed by atoms with Crippen LogP contribution in [-0.2, 0) is 0 Å². The molecule has 0 amide bonds. The molecule has 0 saturated carbocycles. The van der Waals surface area contributed by atoms with Gasteiger partial charge in [0.1, 0.15) is 5.82 Å². The van der Waals surface area contributed by atoms with Crippen molar-refractivity contribution in [2.75, 3.05) is 17.7 Å². The fourth-order valence-corrected chi connectivity index (χ4v) is 2.46. The highest BCUT2D eigenvalue weighted by molar-refractivity contribution is 7.59. The Morgan fingerprint density at radius 2 is 2.05 bits per heavy atom. The molecule has 1 aromatic carbocycles. The lowest BCUT2D eigenvalue weighted by atomic mass is 10.1. The number of unbranched alkanes of at least 4 members (excludes halogenated alkanes) is 1. The number of benzene rings is 1. The van der Waals surface area contributed by atoms with Gasteiger partial charge in [0.2, 0.25) is 5.95 Å². The third kappa shape index (κ3) is 4.74. The van der Waals surface area contributed by atoms with Crippen molar-refractivity contribution in [3.63, 3.8) is 0 Å². The molecule has 0 radical (unpaired) electrons.